The Morgan fingerprint density at radius 2 is 2.20 bits per heavy atom. The third-order valence-electron chi connectivity index (χ3n) is 2.87. The zero-order chi connectivity index (χ0) is 15.5. The normalized spacial score (nSPS) is 13.7. The fourth-order valence-corrected chi connectivity index (χ4v) is 6.37. The lowest BCUT2D eigenvalue weighted by Crippen LogP contribution is -2.38. The molecule has 1 unspecified atom stereocenters. The third kappa shape index (κ3) is 3.76. The molecule has 0 aliphatic carbocycles. The second kappa shape index (κ2) is 7.26. The molecule has 9 heteroatoms. The lowest BCUT2D eigenvalue weighted by atomic mass is 10.3. The quantitative estimate of drug-likeness (QED) is 0.759. The van der Waals surface area contributed by atoms with Gasteiger partial charge in [0.1, 0.15) is 9.77 Å². The van der Waals surface area contributed by atoms with Gasteiger partial charge in [-0.3, -0.25) is 0 Å². The van der Waals surface area contributed by atoms with Crippen molar-refractivity contribution in [1.29, 1.82) is 0 Å². The van der Waals surface area contributed by atoms with Crippen LogP contribution in [0.1, 0.15) is 23.0 Å². The van der Waals surface area contributed by atoms with E-state index in [1.165, 1.54) is 17.4 Å². The van der Waals surface area contributed by atoms with Crippen LogP contribution in [0.4, 0.5) is 0 Å². The molecule has 0 radical (unpaired) electrons. The number of aromatic carboxylic acids is 1. The molecule has 0 aromatic carbocycles. The van der Waals surface area contributed by atoms with E-state index in [0.717, 1.165) is 11.3 Å². The number of carboxylic acids is 1. The molecule has 0 aliphatic rings. The molecule has 1 aromatic heterocycles. The van der Waals surface area contributed by atoms with Gasteiger partial charge in [-0.25, -0.2) is 13.2 Å². The van der Waals surface area contributed by atoms with Crippen LogP contribution in [-0.2, 0) is 10.0 Å². The first-order valence-electron chi connectivity index (χ1n) is 5.75. The van der Waals surface area contributed by atoms with Crippen LogP contribution in [0.15, 0.2) is 14.7 Å². The number of thiophene rings is 1. The van der Waals surface area contributed by atoms with Gasteiger partial charge in [0.15, 0.2) is 0 Å². The SMILES string of the molecule is CCC(CSC)N(C)S(=O)(=O)c1cc(C(=O)O)sc1Br. The molecule has 0 bridgehead atoms. The van der Waals surface area contributed by atoms with Crippen LogP contribution in [0.2, 0.25) is 0 Å². The Morgan fingerprint density at radius 3 is 2.60 bits per heavy atom. The summed E-state index contributed by atoms with van der Waals surface area (Å²) in [6.45, 7) is 1.93. The standard InChI is InChI=1S/C11H16BrNO4S3/c1-4-7(6-18-3)13(2)20(16,17)9-5-8(11(14)15)19-10(9)12/h5,7H,4,6H2,1-3H3,(H,14,15). The average molecular weight is 402 g/mol. The lowest BCUT2D eigenvalue weighted by molar-refractivity contribution is 0.0702. The minimum atomic E-state index is -3.70. The zero-order valence-electron chi connectivity index (χ0n) is 11.3. The van der Waals surface area contributed by atoms with E-state index in [4.69, 9.17) is 5.11 Å². The summed E-state index contributed by atoms with van der Waals surface area (Å²) in [4.78, 5) is 11.0. The Kier molecular flexibility index (Phi) is 6.52. The highest BCUT2D eigenvalue weighted by Crippen LogP contribution is 2.34. The molecule has 0 saturated carbocycles. The highest BCUT2D eigenvalue weighted by atomic mass is 79.9. The highest BCUT2D eigenvalue weighted by Gasteiger charge is 2.30. The number of thioether (sulfide) groups is 1. The van der Waals surface area contributed by atoms with E-state index in [-0.39, 0.29) is 15.8 Å². The maximum Gasteiger partial charge on any atom is 0.345 e. The Morgan fingerprint density at radius 1 is 1.60 bits per heavy atom. The summed E-state index contributed by atoms with van der Waals surface area (Å²) < 4.78 is 26.8. The number of hydrogen-bond donors (Lipinski definition) is 1. The van der Waals surface area contributed by atoms with Gasteiger partial charge >= 0.3 is 5.97 Å². The van der Waals surface area contributed by atoms with Gasteiger partial charge in [-0.1, -0.05) is 6.92 Å². The predicted molar refractivity (Wildman–Crippen MR) is 86.4 cm³/mol. The number of halogens is 1. The zero-order valence-corrected chi connectivity index (χ0v) is 15.3. The Labute approximate surface area is 135 Å². The summed E-state index contributed by atoms with van der Waals surface area (Å²) in [7, 11) is -2.16. The highest BCUT2D eigenvalue weighted by molar-refractivity contribution is 9.11. The molecular formula is C11H16BrNO4S3. The number of carbonyl (C=O) groups is 1. The van der Waals surface area contributed by atoms with Crippen LogP contribution in [0.3, 0.4) is 0 Å². The van der Waals surface area contributed by atoms with Crippen molar-refractivity contribution in [2.24, 2.45) is 0 Å². The molecule has 114 valence electrons. The monoisotopic (exact) mass is 401 g/mol. The maximum atomic E-state index is 12.6. The van der Waals surface area contributed by atoms with Gasteiger partial charge in [-0.2, -0.15) is 16.1 Å². The molecule has 1 rings (SSSR count). The van der Waals surface area contributed by atoms with Gasteiger partial charge in [-0.15, -0.1) is 11.3 Å². The van der Waals surface area contributed by atoms with Gasteiger partial charge in [0.25, 0.3) is 0 Å². The van der Waals surface area contributed by atoms with Crippen molar-refractivity contribution >= 4 is 55.0 Å². The van der Waals surface area contributed by atoms with Gasteiger partial charge in [0.05, 0.1) is 3.79 Å². The maximum absolute atomic E-state index is 12.6. The topological polar surface area (TPSA) is 74.7 Å². The third-order valence-corrected chi connectivity index (χ3v) is 7.74. The van der Waals surface area contributed by atoms with Crippen molar-refractivity contribution in [3.63, 3.8) is 0 Å². The molecule has 1 heterocycles. The molecular weight excluding hydrogens is 386 g/mol. The molecule has 1 N–H and O–H groups in total. The fourth-order valence-electron chi connectivity index (χ4n) is 1.66. The molecule has 0 spiro atoms. The van der Waals surface area contributed by atoms with Gasteiger partial charge in [0.2, 0.25) is 10.0 Å². The van der Waals surface area contributed by atoms with Crippen LogP contribution in [0.5, 0.6) is 0 Å². The van der Waals surface area contributed by atoms with E-state index in [0.29, 0.717) is 16.0 Å². The second-order valence-electron chi connectivity index (χ2n) is 4.09. The summed E-state index contributed by atoms with van der Waals surface area (Å²) in [6.07, 6.45) is 2.62. The lowest BCUT2D eigenvalue weighted by Gasteiger charge is -2.25. The molecule has 1 aromatic rings. The van der Waals surface area contributed by atoms with E-state index in [1.807, 2.05) is 13.2 Å². The van der Waals surface area contributed by atoms with Crippen LogP contribution in [0, 0.1) is 0 Å². The van der Waals surface area contributed by atoms with Gasteiger partial charge < -0.3 is 5.11 Å². The van der Waals surface area contributed by atoms with Crippen molar-refractivity contribution in [2.45, 2.75) is 24.3 Å². The molecule has 1 atom stereocenters. The molecule has 0 amide bonds. The van der Waals surface area contributed by atoms with Crippen molar-refractivity contribution in [1.82, 2.24) is 4.31 Å². The van der Waals surface area contributed by atoms with E-state index in [9.17, 15) is 13.2 Å². The van der Waals surface area contributed by atoms with Crippen LogP contribution in [0.25, 0.3) is 0 Å². The number of nitrogens with zero attached hydrogens (tertiary/aromatic N) is 1. The van der Waals surface area contributed by atoms with E-state index in [2.05, 4.69) is 15.9 Å². The molecule has 5 nitrogen and oxygen atoms in total. The first-order chi connectivity index (χ1) is 9.25. The minimum absolute atomic E-state index is 0.00163. The number of carboxylic acid groups (broad SMARTS) is 1. The summed E-state index contributed by atoms with van der Waals surface area (Å²) in [5.74, 6) is -0.435. The smallest absolute Gasteiger partial charge is 0.345 e. The molecule has 20 heavy (non-hydrogen) atoms. The summed E-state index contributed by atoms with van der Waals surface area (Å²) >= 11 is 5.63. The van der Waals surface area contributed by atoms with Crippen molar-refractivity contribution in [3.05, 3.63) is 14.7 Å². The van der Waals surface area contributed by atoms with Gasteiger partial charge in [-0.05, 0) is 34.7 Å². The average Bonchev–Trinajstić information content (AvgIpc) is 2.78. The molecule has 0 aliphatic heterocycles. The number of rotatable bonds is 7. The van der Waals surface area contributed by atoms with E-state index in [1.54, 1.807) is 11.8 Å². The number of sulfonamides is 1. The fraction of sp³-hybridized carbons (Fsp3) is 0.545. The summed E-state index contributed by atoms with van der Waals surface area (Å²) in [5.41, 5.74) is 0. The number of hydrogen-bond acceptors (Lipinski definition) is 5. The Balaban J connectivity index is 3.19. The van der Waals surface area contributed by atoms with Crippen molar-refractivity contribution in [2.75, 3.05) is 19.1 Å². The van der Waals surface area contributed by atoms with E-state index < -0.39 is 16.0 Å². The first kappa shape index (κ1) is 18.0. The van der Waals surface area contributed by atoms with Gasteiger partial charge in [0, 0.05) is 18.8 Å². The van der Waals surface area contributed by atoms with Crippen molar-refractivity contribution in [3.8, 4) is 0 Å². The minimum Gasteiger partial charge on any atom is -0.477 e. The second-order valence-corrected chi connectivity index (χ2v) is 9.34. The molecule has 0 fully saturated rings. The predicted octanol–water partition coefficient (Wildman–Crippen LogP) is 2.97. The van der Waals surface area contributed by atoms with Crippen LogP contribution < -0.4 is 0 Å². The summed E-state index contributed by atoms with van der Waals surface area (Å²) in [6, 6.07) is 1.09. The van der Waals surface area contributed by atoms with Crippen LogP contribution >= 0.6 is 39.0 Å². The van der Waals surface area contributed by atoms with Crippen molar-refractivity contribution < 1.29 is 18.3 Å². The first-order valence-corrected chi connectivity index (χ1v) is 10.2. The summed E-state index contributed by atoms with van der Waals surface area (Å²) in [5, 5.41) is 8.94. The van der Waals surface area contributed by atoms with E-state index >= 15 is 0 Å². The molecule has 0 saturated heterocycles. The Hall–Kier alpha value is -0.0900. The largest absolute Gasteiger partial charge is 0.477 e. The Bertz CT molecular complexity index is 584. The van der Waals surface area contributed by atoms with Crippen LogP contribution in [-0.4, -0.2) is 48.9 Å².